The average molecular weight is 464 g/mol. The summed E-state index contributed by atoms with van der Waals surface area (Å²) in [6.07, 6.45) is 0.834. The Hall–Kier alpha value is -2.06. The molecule has 1 saturated heterocycles. The lowest BCUT2D eigenvalue weighted by atomic mass is 10.1. The molecular formula is C23H27ClFN3O2S. The number of amides is 1. The fraction of sp³-hybridized carbons (Fsp3) is 0.391. The fourth-order valence-electron chi connectivity index (χ4n) is 3.82. The highest BCUT2D eigenvalue weighted by Gasteiger charge is 2.22. The van der Waals surface area contributed by atoms with Crippen LogP contribution in [0.25, 0.3) is 10.2 Å². The normalized spacial score (nSPS) is 14.4. The summed E-state index contributed by atoms with van der Waals surface area (Å²) in [5, 5.41) is 0.613. The van der Waals surface area contributed by atoms with Crippen molar-refractivity contribution in [1.29, 1.82) is 0 Å². The van der Waals surface area contributed by atoms with Crippen LogP contribution in [0.2, 0.25) is 0 Å². The minimum atomic E-state index is -0.294. The van der Waals surface area contributed by atoms with Crippen LogP contribution >= 0.6 is 23.7 Å². The molecule has 3 aromatic rings. The van der Waals surface area contributed by atoms with Crippen molar-refractivity contribution in [2.45, 2.75) is 20.3 Å². The molecule has 166 valence electrons. The second kappa shape index (κ2) is 10.5. The Balaban J connectivity index is 0.00000272. The van der Waals surface area contributed by atoms with Crippen LogP contribution in [0.1, 0.15) is 27.9 Å². The SMILES string of the molecule is Cc1cc(C)cc(C(=O)N(CCCN2CCOCC2)c2nc3ccc(F)cc3s2)c1.Cl. The van der Waals surface area contributed by atoms with Gasteiger partial charge in [-0.1, -0.05) is 28.5 Å². The van der Waals surface area contributed by atoms with E-state index < -0.39 is 0 Å². The Morgan fingerprint density at radius 2 is 1.87 bits per heavy atom. The number of nitrogens with zero attached hydrogens (tertiary/aromatic N) is 3. The van der Waals surface area contributed by atoms with Crippen LogP contribution in [0.3, 0.4) is 0 Å². The number of benzene rings is 2. The first-order valence-corrected chi connectivity index (χ1v) is 11.1. The quantitative estimate of drug-likeness (QED) is 0.524. The van der Waals surface area contributed by atoms with Crippen molar-refractivity contribution in [3.8, 4) is 0 Å². The molecule has 4 rings (SSSR count). The lowest BCUT2D eigenvalue weighted by Crippen LogP contribution is -2.39. The van der Waals surface area contributed by atoms with Crippen molar-refractivity contribution in [3.63, 3.8) is 0 Å². The van der Waals surface area contributed by atoms with Crippen molar-refractivity contribution in [3.05, 3.63) is 58.9 Å². The van der Waals surface area contributed by atoms with E-state index in [1.54, 1.807) is 11.0 Å². The number of fused-ring (bicyclic) bond motifs is 1. The van der Waals surface area contributed by atoms with Gasteiger partial charge >= 0.3 is 0 Å². The van der Waals surface area contributed by atoms with Gasteiger partial charge in [0.2, 0.25) is 0 Å². The molecule has 0 atom stereocenters. The molecule has 0 aliphatic carbocycles. The van der Waals surface area contributed by atoms with Crippen LogP contribution < -0.4 is 4.90 Å². The second-order valence-corrected chi connectivity index (χ2v) is 8.76. The lowest BCUT2D eigenvalue weighted by Gasteiger charge is -2.27. The van der Waals surface area contributed by atoms with Gasteiger partial charge in [-0.2, -0.15) is 0 Å². The van der Waals surface area contributed by atoms with E-state index in [1.165, 1.54) is 23.5 Å². The zero-order chi connectivity index (χ0) is 21.1. The summed E-state index contributed by atoms with van der Waals surface area (Å²) >= 11 is 1.36. The molecule has 0 saturated carbocycles. The highest BCUT2D eigenvalue weighted by molar-refractivity contribution is 7.22. The highest BCUT2D eigenvalue weighted by atomic mass is 35.5. The molecule has 1 aromatic heterocycles. The number of morpholine rings is 1. The number of ether oxygens (including phenoxy) is 1. The number of hydrogen-bond donors (Lipinski definition) is 0. The summed E-state index contributed by atoms with van der Waals surface area (Å²) in [7, 11) is 0. The molecular weight excluding hydrogens is 437 g/mol. The number of aryl methyl sites for hydroxylation is 2. The first kappa shape index (κ1) is 23.6. The standard InChI is InChI=1S/C23H26FN3O2S.ClH/c1-16-12-17(2)14-18(13-16)22(28)27(7-3-6-26-8-10-29-11-9-26)23-25-20-5-4-19(24)15-21(20)30-23;/h4-5,12-15H,3,6-11H2,1-2H3;1H. The summed E-state index contributed by atoms with van der Waals surface area (Å²) in [5.74, 6) is -0.361. The predicted octanol–water partition coefficient (Wildman–Crippen LogP) is 4.84. The van der Waals surface area contributed by atoms with Gasteiger partial charge in [0.25, 0.3) is 5.91 Å². The van der Waals surface area contributed by atoms with Gasteiger partial charge in [-0.25, -0.2) is 9.37 Å². The van der Waals surface area contributed by atoms with E-state index in [-0.39, 0.29) is 24.1 Å². The average Bonchev–Trinajstić information content (AvgIpc) is 3.13. The van der Waals surface area contributed by atoms with Crippen molar-refractivity contribution in [1.82, 2.24) is 9.88 Å². The molecule has 1 aliphatic heterocycles. The second-order valence-electron chi connectivity index (χ2n) is 7.75. The Kier molecular flexibility index (Phi) is 8.00. The van der Waals surface area contributed by atoms with E-state index >= 15 is 0 Å². The lowest BCUT2D eigenvalue weighted by molar-refractivity contribution is 0.0376. The van der Waals surface area contributed by atoms with Gasteiger partial charge in [-0.05, 0) is 50.6 Å². The summed E-state index contributed by atoms with van der Waals surface area (Å²) < 4.78 is 19.8. The van der Waals surface area contributed by atoms with E-state index in [0.29, 0.717) is 22.8 Å². The smallest absolute Gasteiger partial charge is 0.260 e. The molecule has 8 heteroatoms. The number of aromatic nitrogens is 1. The maximum atomic E-state index is 13.7. The summed E-state index contributed by atoms with van der Waals surface area (Å²) in [4.78, 5) is 22.2. The topological polar surface area (TPSA) is 45.7 Å². The zero-order valence-electron chi connectivity index (χ0n) is 17.8. The molecule has 0 radical (unpaired) electrons. The molecule has 0 bridgehead atoms. The van der Waals surface area contributed by atoms with Crippen LogP contribution in [-0.4, -0.2) is 55.2 Å². The van der Waals surface area contributed by atoms with Crippen LogP contribution in [0.4, 0.5) is 9.52 Å². The Morgan fingerprint density at radius 3 is 2.58 bits per heavy atom. The molecule has 2 heterocycles. The molecule has 0 spiro atoms. The highest BCUT2D eigenvalue weighted by Crippen LogP contribution is 2.30. The van der Waals surface area contributed by atoms with Crippen molar-refractivity contribution in [2.24, 2.45) is 0 Å². The van der Waals surface area contributed by atoms with E-state index in [2.05, 4.69) is 16.0 Å². The van der Waals surface area contributed by atoms with E-state index in [4.69, 9.17) is 4.74 Å². The number of carbonyl (C=O) groups is 1. The summed E-state index contributed by atoms with van der Waals surface area (Å²) in [6.45, 7) is 8.81. The third-order valence-corrected chi connectivity index (χ3v) is 6.28. The van der Waals surface area contributed by atoms with Crippen LogP contribution in [0, 0.1) is 19.7 Å². The van der Waals surface area contributed by atoms with E-state index in [1.807, 2.05) is 26.0 Å². The van der Waals surface area contributed by atoms with Crippen molar-refractivity contribution in [2.75, 3.05) is 44.3 Å². The number of rotatable bonds is 6. The number of anilines is 1. The van der Waals surface area contributed by atoms with Gasteiger partial charge in [-0.15, -0.1) is 12.4 Å². The Bertz CT molecular complexity index is 1030. The van der Waals surface area contributed by atoms with Crippen LogP contribution in [0.15, 0.2) is 36.4 Å². The maximum Gasteiger partial charge on any atom is 0.260 e. The van der Waals surface area contributed by atoms with Gasteiger partial charge in [0.1, 0.15) is 5.82 Å². The van der Waals surface area contributed by atoms with Gasteiger partial charge in [0.05, 0.1) is 23.4 Å². The largest absolute Gasteiger partial charge is 0.379 e. The zero-order valence-corrected chi connectivity index (χ0v) is 19.4. The third kappa shape index (κ3) is 5.80. The van der Waals surface area contributed by atoms with Gasteiger partial charge in [0.15, 0.2) is 5.13 Å². The van der Waals surface area contributed by atoms with Gasteiger partial charge in [0, 0.05) is 31.7 Å². The van der Waals surface area contributed by atoms with E-state index in [0.717, 1.165) is 55.1 Å². The summed E-state index contributed by atoms with van der Waals surface area (Å²) in [6, 6.07) is 10.4. The molecule has 0 N–H and O–H groups in total. The van der Waals surface area contributed by atoms with Crippen LogP contribution in [-0.2, 0) is 4.74 Å². The number of hydrogen-bond acceptors (Lipinski definition) is 5. The predicted molar refractivity (Wildman–Crippen MR) is 126 cm³/mol. The number of halogens is 2. The minimum absolute atomic E-state index is 0. The number of carbonyl (C=O) groups excluding carboxylic acids is 1. The minimum Gasteiger partial charge on any atom is -0.379 e. The fourth-order valence-corrected chi connectivity index (χ4v) is 4.83. The Labute approximate surface area is 192 Å². The molecule has 0 unspecified atom stereocenters. The maximum absolute atomic E-state index is 13.7. The van der Waals surface area contributed by atoms with Crippen LogP contribution in [0.5, 0.6) is 0 Å². The first-order valence-electron chi connectivity index (χ1n) is 10.3. The molecule has 5 nitrogen and oxygen atoms in total. The monoisotopic (exact) mass is 463 g/mol. The van der Waals surface area contributed by atoms with Crippen molar-refractivity contribution < 1.29 is 13.9 Å². The molecule has 2 aromatic carbocycles. The molecule has 31 heavy (non-hydrogen) atoms. The Morgan fingerprint density at radius 1 is 1.16 bits per heavy atom. The molecule has 1 amide bonds. The summed E-state index contributed by atoms with van der Waals surface area (Å²) in [5.41, 5.74) is 3.48. The van der Waals surface area contributed by atoms with Gasteiger partial charge < -0.3 is 4.74 Å². The molecule has 1 aliphatic rings. The van der Waals surface area contributed by atoms with E-state index in [9.17, 15) is 9.18 Å². The van der Waals surface area contributed by atoms with Crippen molar-refractivity contribution >= 4 is 45.0 Å². The van der Waals surface area contributed by atoms with Gasteiger partial charge in [-0.3, -0.25) is 14.6 Å². The third-order valence-electron chi connectivity index (χ3n) is 5.24. The first-order chi connectivity index (χ1) is 14.5. The number of thiazole rings is 1. The molecule has 1 fully saturated rings.